The van der Waals surface area contributed by atoms with Crippen molar-refractivity contribution >= 4 is 261 Å². The van der Waals surface area contributed by atoms with Crippen LogP contribution in [0, 0.1) is 0 Å². The van der Waals surface area contributed by atoms with Crippen LogP contribution in [0.3, 0.4) is 0 Å². The Balaban J connectivity index is 0.0000000912. The zero-order valence-electron chi connectivity index (χ0n) is 81.1. The normalized spacial score (nSPS) is 12.0. The first-order chi connectivity index (χ1) is 74.5. The summed E-state index contributed by atoms with van der Waals surface area (Å²) in [5.41, 5.74) is 25.7. The van der Waals surface area contributed by atoms with Gasteiger partial charge >= 0.3 is 0 Å². The van der Waals surface area contributed by atoms with Crippen molar-refractivity contribution in [3.8, 4) is 34.1 Å². The van der Waals surface area contributed by atoms with Crippen molar-refractivity contribution < 1.29 is 0 Å². The van der Waals surface area contributed by atoms with E-state index in [9.17, 15) is 0 Å². The number of pyridine rings is 4. The largest absolute Gasteiger partial charge is 0.309 e. The number of fused-ring (bicyclic) bond motifs is 45. The minimum atomic E-state index is 1.03. The van der Waals surface area contributed by atoms with E-state index in [1.54, 1.807) is 0 Å². The smallest absolute Gasteiger partial charge is 0.0787 e. The summed E-state index contributed by atoms with van der Waals surface area (Å²) >= 11 is 0. The highest BCUT2D eigenvalue weighted by atomic mass is 15.0. The van der Waals surface area contributed by atoms with Crippen molar-refractivity contribution in [3.05, 3.63) is 522 Å². The molecule has 0 fully saturated rings. The molecule has 150 heavy (non-hydrogen) atoms. The molecular weight excluding hydrogens is 1820 g/mol. The molecule has 10 heterocycles. The lowest BCUT2D eigenvalue weighted by Gasteiger charge is -2.15. The van der Waals surface area contributed by atoms with Gasteiger partial charge in [-0.3, -0.25) is 19.9 Å². The zero-order chi connectivity index (χ0) is 98.3. The minimum absolute atomic E-state index is 1.03. The fraction of sp³-hybridized carbons (Fsp3) is 0. The Bertz CT molecular complexity index is 11500. The van der Waals surface area contributed by atoms with Crippen LogP contribution >= 0.6 is 0 Å². The number of rotatable bonds is 6. The van der Waals surface area contributed by atoms with Gasteiger partial charge in [0.15, 0.2) is 0 Å². The van der Waals surface area contributed by atoms with Crippen LogP contribution in [0.1, 0.15) is 0 Å². The Hall–Kier alpha value is -20.2. The molecular formula is C140H86N10. The second-order valence-corrected chi connectivity index (χ2v) is 39.2. The van der Waals surface area contributed by atoms with E-state index in [4.69, 9.17) is 19.9 Å². The van der Waals surface area contributed by atoms with E-state index >= 15 is 0 Å². The lowest BCUT2D eigenvalue weighted by molar-refractivity contribution is 1.18. The molecule has 696 valence electrons. The number of hydrogen-bond acceptors (Lipinski definition) is 4. The molecule has 0 amide bonds. The van der Waals surface area contributed by atoms with Crippen LogP contribution in [0.5, 0.6) is 0 Å². The maximum Gasteiger partial charge on any atom is 0.0787 e. The molecule has 10 heteroatoms. The van der Waals surface area contributed by atoms with Gasteiger partial charge in [0.25, 0.3) is 0 Å². The van der Waals surface area contributed by atoms with Crippen LogP contribution in [-0.2, 0) is 0 Å². The average molecular weight is 1910 g/mol. The number of aromatic nitrogens is 10. The maximum absolute atomic E-state index is 5.01. The Morgan fingerprint density at radius 3 is 0.733 bits per heavy atom. The fourth-order valence-corrected chi connectivity index (χ4v) is 25.3. The zero-order valence-corrected chi connectivity index (χ0v) is 81.1. The number of nitrogens with zero attached hydrogens (tertiary/aromatic N) is 10. The third kappa shape index (κ3) is 12.7. The van der Waals surface area contributed by atoms with Crippen LogP contribution in [0.15, 0.2) is 522 Å². The Kier molecular flexibility index (Phi) is 19.0. The molecule has 0 aliphatic rings. The Morgan fingerprint density at radius 1 is 0.107 bits per heavy atom. The van der Waals surface area contributed by atoms with Gasteiger partial charge in [-0.05, 0) is 224 Å². The summed E-state index contributed by atoms with van der Waals surface area (Å²) in [5, 5.41) is 39.6. The highest BCUT2D eigenvalue weighted by molar-refractivity contribution is 6.40. The highest BCUT2D eigenvalue weighted by Crippen LogP contribution is 2.52. The first kappa shape index (κ1) is 84.3. The molecule has 0 spiro atoms. The molecule has 10 aromatic heterocycles. The molecule has 24 aromatic carbocycles. The number of para-hydroxylation sites is 12. The monoisotopic (exact) mass is 1910 g/mol. The summed E-state index contributed by atoms with van der Waals surface area (Å²) < 4.78 is 14.4. The van der Waals surface area contributed by atoms with Crippen molar-refractivity contribution in [1.29, 1.82) is 0 Å². The second-order valence-electron chi connectivity index (χ2n) is 39.2. The molecule has 0 saturated heterocycles. The van der Waals surface area contributed by atoms with Crippen molar-refractivity contribution in [2.24, 2.45) is 0 Å². The molecule has 0 aliphatic carbocycles. The van der Waals surface area contributed by atoms with Crippen LogP contribution in [0.25, 0.3) is 295 Å². The summed E-state index contributed by atoms with van der Waals surface area (Å²) in [6, 6.07) is 179. The molecule has 10 nitrogen and oxygen atoms in total. The van der Waals surface area contributed by atoms with Gasteiger partial charge in [-0.15, -0.1) is 0 Å². The first-order valence-corrected chi connectivity index (χ1v) is 51.3. The van der Waals surface area contributed by atoms with Gasteiger partial charge in [-0.25, -0.2) is 0 Å². The fourth-order valence-electron chi connectivity index (χ4n) is 25.3. The van der Waals surface area contributed by atoms with E-state index < -0.39 is 0 Å². The number of benzene rings is 24. The molecule has 0 radical (unpaired) electrons. The van der Waals surface area contributed by atoms with Gasteiger partial charge < -0.3 is 27.4 Å². The van der Waals surface area contributed by atoms with Gasteiger partial charge in [-0.2, -0.15) is 0 Å². The SMILES string of the molecule is c1ccc(-n2c3ccccc3c3cc4c(cc32)c2ncccc2c2ccc3c(c5ccccc5n3-c3ccccc3)c24)cc1.c1ccc(-n2c3ccccc3c3cc4c(cc32)c2ncccc2c2ccc3c5ccccc5n(-c5ccccc5)c3c24)cc1.c1ccc(-n2c3ccccc3c3cc4c5ccccc5c5ncccc5c4cc32)cc1.c1ccc(-n2c3ccccc3c3ccc4c5ccccc5c5ncccc5c4c32)cc1. The van der Waals surface area contributed by atoms with E-state index in [0.717, 1.165) is 50.2 Å². The molecule has 0 bridgehead atoms. The van der Waals surface area contributed by atoms with E-state index in [1.807, 2.05) is 36.9 Å². The quantitative estimate of drug-likeness (QED) is 0.155. The summed E-state index contributed by atoms with van der Waals surface area (Å²) in [5.74, 6) is 0. The van der Waals surface area contributed by atoms with E-state index in [2.05, 4.69) is 513 Å². The Morgan fingerprint density at radius 2 is 0.333 bits per heavy atom. The summed E-state index contributed by atoms with van der Waals surface area (Å²) in [6.07, 6.45) is 7.63. The van der Waals surface area contributed by atoms with Gasteiger partial charge in [0, 0.05) is 183 Å². The van der Waals surface area contributed by atoms with Crippen LogP contribution < -0.4 is 0 Å². The summed E-state index contributed by atoms with van der Waals surface area (Å²) in [6.45, 7) is 0. The van der Waals surface area contributed by atoms with Gasteiger partial charge in [0.2, 0.25) is 0 Å². The molecule has 34 aromatic rings. The standard InChI is InChI=1S/2C41H25N3.2C29H18N2/c1-3-12-26(13-4-1)43-36-19-9-8-17-29(36)33-24-34-35(25-38(33)43)40-31(18-11-23-42-40)30-21-22-32-28-16-7-10-20-37(28)44(41(32)39(30)34)27-14-5-2-6-15-27;1-3-12-26(13-4-1)43-36-20-10-8-17-31(36)40-37(43)22-21-29-30-18-11-23-42-41(30)34-25-38-32(24-33(34)39(29)40)28-16-7-9-19-35(28)44(38)27-14-5-2-6-15-27;1-2-9-19(10-3-1)31-26-15-7-6-12-21(26)24-17-16-22-20-11-4-5-13-23(20)28-25(14-8-18-30-28)27(22)29(24)31;1-2-9-19(10-3-1)31-27-15-7-6-12-21(27)26-17-24-20-11-4-5-13-22(20)29-23(14-8-16-30-29)25(24)18-28(26)31/h2*1-25H;2*1-18H. The van der Waals surface area contributed by atoms with E-state index in [-0.39, 0.29) is 0 Å². The van der Waals surface area contributed by atoms with Gasteiger partial charge in [0.1, 0.15) is 0 Å². The van der Waals surface area contributed by atoms with Crippen molar-refractivity contribution in [2.45, 2.75) is 0 Å². The lowest BCUT2D eigenvalue weighted by Crippen LogP contribution is -1.96. The predicted molar refractivity (Wildman–Crippen MR) is 633 cm³/mol. The van der Waals surface area contributed by atoms with Crippen LogP contribution in [0.4, 0.5) is 0 Å². The average Bonchev–Trinajstić information content (AvgIpc) is 1.51. The van der Waals surface area contributed by atoms with E-state index in [1.165, 1.54) is 245 Å². The summed E-state index contributed by atoms with van der Waals surface area (Å²) in [4.78, 5) is 19.6. The van der Waals surface area contributed by atoms with Crippen molar-refractivity contribution in [1.82, 2.24) is 47.3 Å². The van der Waals surface area contributed by atoms with Crippen molar-refractivity contribution in [2.75, 3.05) is 0 Å². The second kappa shape index (κ2) is 33.7. The van der Waals surface area contributed by atoms with E-state index in [0.29, 0.717) is 0 Å². The molecule has 0 atom stereocenters. The topological polar surface area (TPSA) is 81.1 Å². The van der Waals surface area contributed by atoms with Gasteiger partial charge in [0.05, 0.1) is 88.3 Å². The maximum atomic E-state index is 5.01. The summed E-state index contributed by atoms with van der Waals surface area (Å²) in [7, 11) is 0. The molecule has 0 unspecified atom stereocenters. The highest BCUT2D eigenvalue weighted by Gasteiger charge is 2.28. The molecule has 0 aliphatic heterocycles. The number of hydrogen-bond donors (Lipinski definition) is 0. The van der Waals surface area contributed by atoms with Crippen LogP contribution in [-0.4, -0.2) is 47.3 Å². The third-order valence-corrected chi connectivity index (χ3v) is 31.4. The minimum Gasteiger partial charge on any atom is -0.309 e. The van der Waals surface area contributed by atoms with Gasteiger partial charge in [-0.1, -0.05) is 322 Å². The lowest BCUT2D eigenvalue weighted by atomic mass is 9.92. The van der Waals surface area contributed by atoms with Crippen LogP contribution in [0.2, 0.25) is 0 Å². The van der Waals surface area contributed by atoms with Crippen molar-refractivity contribution in [3.63, 3.8) is 0 Å². The Labute approximate surface area is 858 Å². The predicted octanol–water partition coefficient (Wildman–Crippen LogP) is 36.7. The third-order valence-electron chi connectivity index (χ3n) is 31.4. The molecule has 0 saturated carbocycles. The molecule has 34 rings (SSSR count). The molecule has 0 N–H and O–H groups in total. The first-order valence-electron chi connectivity index (χ1n) is 51.3.